The van der Waals surface area contributed by atoms with Crippen molar-refractivity contribution in [1.82, 2.24) is 4.98 Å². The summed E-state index contributed by atoms with van der Waals surface area (Å²) in [5.41, 5.74) is 1.99. The van der Waals surface area contributed by atoms with Gasteiger partial charge in [-0.15, -0.1) is 0 Å². The maximum Gasteiger partial charge on any atom is 0.336 e. The van der Waals surface area contributed by atoms with Gasteiger partial charge in [0.25, 0.3) is 0 Å². The number of rotatable bonds is 5. The molecule has 3 rings (SSSR count). The molecule has 1 N–H and O–H groups in total. The zero-order valence-corrected chi connectivity index (χ0v) is 14.7. The minimum absolute atomic E-state index is 0.177. The van der Waals surface area contributed by atoms with Crippen LogP contribution in [-0.4, -0.2) is 22.7 Å². The Bertz CT molecular complexity index is 937. The van der Waals surface area contributed by atoms with Crippen LogP contribution in [0.5, 0.6) is 5.75 Å². The van der Waals surface area contributed by atoms with Crippen LogP contribution < -0.4 is 4.74 Å². The molecule has 2 aromatic carbocycles. The Morgan fingerprint density at radius 1 is 1.20 bits per heavy atom. The van der Waals surface area contributed by atoms with Crippen LogP contribution in [0.2, 0.25) is 5.02 Å². The zero-order valence-electron chi connectivity index (χ0n) is 14.0. The third-order valence-electron chi connectivity index (χ3n) is 3.73. The van der Waals surface area contributed by atoms with Crippen molar-refractivity contribution in [2.75, 3.05) is 6.61 Å². The number of fused-ring (bicyclic) bond motifs is 1. The molecule has 0 unspecified atom stereocenters. The number of carbonyl (C=O) groups is 1. The van der Waals surface area contributed by atoms with Gasteiger partial charge < -0.3 is 9.84 Å². The van der Waals surface area contributed by atoms with E-state index in [2.05, 4.69) is 18.8 Å². The van der Waals surface area contributed by atoms with Crippen molar-refractivity contribution in [2.24, 2.45) is 5.92 Å². The van der Waals surface area contributed by atoms with Gasteiger partial charge in [0.1, 0.15) is 5.75 Å². The van der Waals surface area contributed by atoms with Gasteiger partial charge >= 0.3 is 5.97 Å². The standard InChI is InChI=1S/C20H18ClNO3/c1-12(2)11-25-14-6-3-5-13(9-14)18-10-16(20(23)24)15-7-4-8-17(21)19(15)22-18/h3-10,12H,11H2,1-2H3,(H,23,24). The number of halogens is 1. The molecule has 0 fully saturated rings. The van der Waals surface area contributed by atoms with Crippen molar-refractivity contribution < 1.29 is 14.6 Å². The Morgan fingerprint density at radius 3 is 2.68 bits per heavy atom. The smallest absolute Gasteiger partial charge is 0.336 e. The topological polar surface area (TPSA) is 59.4 Å². The lowest BCUT2D eigenvalue weighted by Crippen LogP contribution is -2.04. The van der Waals surface area contributed by atoms with Crippen LogP contribution in [0.15, 0.2) is 48.5 Å². The number of aromatic carboxylic acids is 1. The lowest BCUT2D eigenvalue weighted by molar-refractivity contribution is 0.0699. The highest BCUT2D eigenvalue weighted by Gasteiger charge is 2.15. The molecule has 0 radical (unpaired) electrons. The highest BCUT2D eigenvalue weighted by atomic mass is 35.5. The largest absolute Gasteiger partial charge is 0.493 e. The van der Waals surface area contributed by atoms with Crippen LogP contribution in [0.25, 0.3) is 22.2 Å². The van der Waals surface area contributed by atoms with E-state index >= 15 is 0 Å². The van der Waals surface area contributed by atoms with Gasteiger partial charge in [-0.3, -0.25) is 0 Å². The number of carboxylic acid groups (broad SMARTS) is 1. The van der Waals surface area contributed by atoms with Crippen LogP contribution >= 0.6 is 11.6 Å². The average Bonchev–Trinajstić information content (AvgIpc) is 2.59. The van der Waals surface area contributed by atoms with Crippen LogP contribution in [-0.2, 0) is 0 Å². The molecule has 0 saturated carbocycles. The molecule has 0 saturated heterocycles. The van der Waals surface area contributed by atoms with E-state index in [1.807, 2.05) is 24.3 Å². The van der Waals surface area contributed by atoms with E-state index < -0.39 is 5.97 Å². The quantitative estimate of drug-likeness (QED) is 0.675. The minimum atomic E-state index is -1.01. The van der Waals surface area contributed by atoms with E-state index in [0.717, 1.165) is 11.3 Å². The van der Waals surface area contributed by atoms with Crippen molar-refractivity contribution in [2.45, 2.75) is 13.8 Å². The second-order valence-corrected chi connectivity index (χ2v) is 6.64. The molecule has 0 aliphatic carbocycles. The molecule has 0 atom stereocenters. The first kappa shape index (κ1) is 17.2. The summed E-state index contributed by atoms with van der Waals surface area (Å²) >= 11 is 6.23. The third-order valence-corrected chi connectivity index (χ3v) is 4.04. The van der Waals surface area contributed by atoms with Gasteiger partial charge in [0, 0.05) is 10.9 Å². The number of pyridine rings is 1. The van der Waals surface area contributed by atoms with Crippen LogP contribution in [0.1, 0.15) is 24.2 Å². The fourth-order valence-corrected chi connectivity index (χ4v) is 2.76. The summed E-state index contributed by atoms with van der Waals surface area (Å²) in [4.78, 5) is 16.2. The van der Waals surface area contributed by atoms with E-state index in [0.29, 0.717) is 34.1 Å². The van der Waals surface area contributed by atoms with Gasteiger partial charge in [-0.05, 0) is 30.2 Å². The molecule has 5 heteroatoms. The van der Waals surface area contributed by atoms with Crippen molar-refractivity contribution in [3.63, 3.8) is 0 Å². The number of carboxylic acids is 1. The third kappa shape index (κ3) is 3.74. The van der Waals surface area contributed by atoms with Gasteiger partial charge in [-0.1, -0.05) is 49.7 Å². The average molecular weight is 356 g/mol. The highest BCUT2D eigenvalue weighted by Crippen LogP contribution is 2.30. The van der Waals surface area contributed by atoms with Gasteiger partial charge in [-0.25, -0.2) is 9.78 Å². The Labute approximate surface area is 151 Å². The first-order chi connectivity index (χ1) is 12.0. The zero-order chi connectivity index (χ0) is 18.0. The Kier molecular flexibility index (Phi) is 4.91. The number of hydrogen-bond donors (Lipinski definition) is 1. The van der Waals surface area contributed by atoms with Gasteiger partial charge in [-0.2, -0.15) is 0 Å². The molecule has 0 spiro atoms. The van der Waals surface area contributed by atoms with Gasteiger partial charge in [0.2, 0.25) is 0 Å². The maximum atomic E-state index is 11.7. The predicted octanol–water partition coefficient (Wildman–Crippen LogP) is 5.29. The van der Waals surface area contributed by atoms with Crippen LogP contribution in [0, 0.1) is 5.92 Å². The lowest BCUT2D eigenvalue weighted by Gasteiger charge is -2.11. The van der Waals surface area contributed by atoms with E-state index in [1.54, 1.807) is 24.3 Å². The first-order valence-electron chi connectivity index (χ1n) is 8.01. The number of aromatic nitrogens is 1. The highest BCUT2D eigenvalue weighted by molar-refractivity contribution is 6.35. The normalized spacial score (nSPS) is 11.0. The van der Waals surface area contributed by atoms with E-state index in [-0.39, 0.29) is 5.56 Å². The number of nitrogens with zero attached hydrogens (tertiary/aromatic N) is 1. The van der Waals surface area contributed by atoms with Gasteiger partial charge in [0.15, 0.2) is 0 Å². The summed E-state index contributed by atoms with van der Waals surface area (Å²) in [5, 5.41) is 10.5. The number of para-hydroxylation sites is 1. The van der Waals surface area contributed by atoms with E-state index in [9.17, 15) is 9.90 Å². The summed E-state index contributed by atoms with van der Waals surface area (Å²) in [7, 11) is 0. The molecule has 1 aromatic heterocycles. The predicted molar refractivity (Wildman–Crippen MR) is 99.5 cm³/mol. The summed E-state index contributed by atoms with van der Waals surface area (Å²) in [5.74, 6) is 0.132. The second-order valence-electron chi connectivity index (χ2n) is 6.23. The molecule has 25 heavy (non-hydrogen) atoms. The molecule has 3 aromatic rings. The Balaban J connectivity index is 2.11. The van der Waals surface area contributed by atoms with Crippen molar-refractivity contribution >= 4 is 28.5 Å². The molecule has 4 nitrogen and oxygen atoms in total. The maximum absolute atomic E-state index is 11.7. The molecular formula is C20H18ClNO3. The van der Waals surface area contributed by atoms with Gasteiger partial charge in [0.05, 0.1) is 28.4 Å². The fraction of sp³-hybridized carbons (Fsp3) is 0.200. The summed E-state index contributed by atoms with van der Waals surface area (Å²) in [6.07, 6.45) is 0. The SMILES string of the molecule is CC(C)COc1cccc(-c2cc(C(=O)O)c3cccc(Cl)c3n2)c1. The molecule has 0 amide bonds. The molecule has 0 bridgehead atoms. The Morgan fingerprint density at radius 2 is 1.96 bits per heavy atom. The number of benzene rings is 2. The van der Waals surface area contributed by atoms with Crippen LogP contribution in [0.4, 0.5) is 0 Å². The molecule has 128 valence electrons. The van der Waals surface area contributed by atoms with E-state index in [1.165, 1.54) is 0 Å². The lowest BCUT2D eigenvalue weighted by atomic mass is 10.0. The second kappa shape index (κ2) is 7.11. The summed E-state index contributed by atoms with van der Waals surface area (Å²) in [6.45, 7) is 4.77. The molecule has 1 heterocycles. The van der Waals surface area contributed by atoms with Crippen molar-refractivity contribution in [3.05, 3.63) is 59.1 Å². The summed E-state index contributed by atoms with van der Waals surface area (Å²) < 4.78 is 5.75. The molecular weight excluding hydrogens is 338 g/mol. The minimum Gasteiger partial charge on any atom is -0.493 e. The Hall–Kier alpha value is -2.59. The number of ether oxygens (including phenoxy) is 1. The fourth-order valence-electron chi connectivity index (χ4n) is 2.55. The summed E-state index contributed by atoms with van der Waals surface area (Å²) in [6, 6.07) is 14.2. The molecule has 0 aliphatic heterocycles. The monoisotopic (exact) mass is 355 g/mol. The van der Waals surface area contributed by atoms with Crippen molar-refractivity contribution in [3.8, 4) is 17.0 Å². The van der Waals surface area contributed by atoms with Crippen molar-refractivity contribution in [1.29, 1.82) is 0 Å². The first-order valence-corrected chi connectivity index (χ1v) is 8.39. The number of hydrogen-bond acceptors (Lipinski definition) is 3. The van der Waals surface area contributed by atoms with E-state index in [4.69, 9.17) is 16.3 Å². The van der Waals surface area contributed by atoms with Crippen LogP contribution in [0.3, 0.4) is 0 Å². The molecule has 0 aliphatic rings.